The van der Waals surface area contributed by atoms with E-state index >= 15 is 0 Å². The highest BCUT2D eigenvalue weighted by Gasteiger charge is 2.08. The molecule has 0 amide bonds. The van der Waals surface area contributed by atoms with Crippen molar-refractivity contribution in [2.45, 2.75) is 91.4 Å². The van der Waals surface area contributed by atoms with E-state index in [9.17, 15) is 0 Å². The van der Waals surface area contributed by atoms with Gasteiger partial charge in [0.05, 0.1) is 0 Å². The zero-order chi connectivity index (χ0) is 14.7. The van der Waals surface area contributed by atoms with Gasteiger partial charge in [-0.25, -0.2) is 0 Å². The second kappa shape index (κ2) is 10.4. The van der Waals surface area contributed by atoms with Gasteiger partial charge >= 0.3 is 0 Å². The topological polar surface area (TPSA) is 0 Å². The van der Waals surface area contributed by atoms with Crippen LogP contribution in [-0.2, 0) is 6.42 Å². The first-order chi connectivity index (χ1) is 9.58. The maximum absolute atomic E-state index is 2.35. The third kappa shape index (κ3) is 10.5. The van der Waals surface area contributed by atoms with Gasteiger partial charge in [-0.15, -0.1) is 11.3 Å². The number of hydrogen-bond acceptors (Lipinski definition) is 1. The van der Waals surface area contributed by atoms with Crippen LogP contribution in [0.1, 0.15) is 89.9 Å². The Morgan fingerprint density at radius 2 is 1.35 bits per heavy atom. The highest BCUT2D eigenvalue weighted by Crippen LogP contribution is 2.22. The van der Waals surface area contributed by atoms with E-state index in [4.69, 9.17) is 0 Å². The summed E-state index contributed by atoms with van der Waals surface area (Å²) in [7, 11) is 0. The number of thiophene rings is 1. The van der Waals surface area contributed by atoms with Crippen molar-refractivity contribution in [3.8, 4) is 0 Å². The predicted octanol–water partition coefficient (Wildman–Crippen LogP) is 7.24. The zero-order valence-corrected chi connectivity index (χ0v) is 14.7. The molecule has 0 nitrogen and oxygen atoms in total. The molecule has 1 rings (SSSR count). The number of rotatable bonds is 11. The lowest BCUT2D eigenvalue weighted by molar-refractivity contribution is 0.356. The first-order valence-corrected chi connectivity index (χ1v) is 9.48. The van der Waals surface area contributed by atoms with Crippen LogP contribution >= 0.6 is 11.3 Å². The molecule has 0 saturated carbocycles. The van der Waals surface area contributed by atoms with Crippen LogP contribution < -0.4 is 0 Å². The maximum Gasteiger partial charge on any atom is 0.00452 e. The van der Waals surface area contributed by atoms with Crippen molar-refractivity contribution in [1.82, 2.24) is 0 Å². The lowest BCUT2D eigenvalue weighted by Crippen LogP contribution is -2.03. The van der Waals surface area contributed by atoms with Crippen LogP contribution in [0.15, 0.2) is 17.5 Å². The summed E-state index contributed by atoms with van der Waals surface area (Å²) in [4.78, 5) is 1.56. The molecule has 1 heteroatoms. The zero-order valence-electron chi connectivity index (χ0n) is 13.9. The molecule has 0 unspecified atom stereocenters. The summed E-state index contributed by atoms with van der Waals surface area (Å²) in [5, 5.41) is 2.19. The van der Waals surface area contributed by atoms with E-state index in [1.54, 1.807) is 4.88 Å². The second-order valence-electron chi connectivity index (χ2n) is 7.32. The molecule has 0 saturated heterocycles. The van der Waals surface area contributed by atoms with Crippen molar-refractivity contribution >= 4 is 11.3 Å². The molecule has 0 radical (unpaired) electrons. The summed E-state index contributed by atoms with van der Waals surface area (Å²) in [6, 6.07) is 4.43. The van der Waals surface area contributed by atoms with Gasteiger partial charge in [0.25, 0.3) is 0 Å². The van der Waals surface area contributed by atoms with E-state index in [-0.39, 0.29) is 0 Å². The van der Waals surface area contributed by atoms with Gasteiger partial charge in [-0.1, -0.05) is 78.2 Å². The van der Waals surface area contributed by atoms with Gasteiger partial charge in [0.1, 0.15) is 0 Å². The van der Waals surface area contributed by atoms with Gasteiger partial charge < -0.3 is 0 Å². The molecule has 20 heavy (non-hydrogen) atoms. The minimum atomic E-state index is 0.530. The Morgan fingerprint density at radius 1 is 0.800 bits per heavy atom. The number of hydrogen-bond donors (Lipinski definition) is 0. The van der Waals surface area contributed by atoms with Crippen LogP contribution in [0.4, 0.5) is 0 Å². The van der Waals surface area contributed by atoms with Crippen LogP contribution in [-0.4, -0.2) is 0 Å². The van der Waals surface area contributed by atoms with E-state index in [1.807, 2.05) is 11.3 Å². The van der Waals surface area contributed by atoms with Crippen LogP contribution in [0.3, 0.4) is 0 Å². The molecule has 0 spiro atoms. The van der Waals surface area contributed by atoms with Gasteiger partial charge in [-0.3, -0.25) is 0 Å². The normalized spacial score (nSPS) is 11.9. The highest BCUT2D eigenvalue weighted by molar-refractivity contribution is 7.09. The maximum atomic E-state index is 2.35. The fourth-order valence-electron chi connectivity index (χ4n) is 2.65. The predicted molar refractivity (Wildman–Crippen MR) is 93.6 cm³/mol. The smallest absolute Gasteiger partial charge is 0.00452 e. The summed E-state index contributed by atoms with van der Waals surface area (Å²) in [6.45, 7) is 7.05. The Hall–Kier alpha value is -0.300. The van der Waals surface area contributed by atoms with Gasteiger partial charge in [0.2, 0.25) is 0 Å². The molecule has 1 heterocycles. The number of aryl methyl sites for hydroxylation is 1. The largest absolute Gasteiger partial charge is 0.149 e. The Balaban J connectivity index is 1.77. The fourth-order valence-corrected chi connectivity index (χ4v) is 3.40. The van der Waals surface area contributed by atoms with Gasteiger partial charge in [-0.05, 0) is 36.1 Å². The van der Waals surface area contributed by atoms with Crippen molar-refractivity contribution in [2.75, 3.05) is 0 Å². The average Bonchev–Trinajstić information content (AvgIpc) is 2.87. The summed E-state index contributed by atoms with van der Waals surface area (Å²) < 4.78 is 0. The van der Waals surface area contributed by atoms with Crippen molar-refractivity contribution in [3.05, 3.63) is 22.4 Å². The molecule has 0 bridgehead atoms. The first-order valence-electron chi connectivity index (χ1n) is 8.60. The van der Waals surface area contributed by atoms with Crippen LogP contribution in [0.25, 0.3) is 0 Å². The third-order valence-corrected chi connectivity index (χ3v) is 4.87. The van der Waals surface area contributed by atoms with Crippen LogP contribution in [0.5, 0.6) is 0 Å². The molecule has 1 aromatic heterocycles. The van der Waals surface area contributed by atoms with Crippen molar-refractivity contribution < 1.29 is 0 Å². The van der Waals surface area contributed by atoms with Crippen LogP contribution in [0, 0.1) is 5.41 Å². The van der Waals surface area contributed by atoms with E-state index in [2.05, 4.69) is 38.3 Å². The lowest BCUT2D eigenvalue weighted by Gasteiger charge is -2.17. The van der Waals surface area contributed by atoms with Crippen molar-refractivity contribution in [2.24, 2.45) is 5.41 Å². The van der Waals surface area contributed by atoms with E-state index in [1.165, 1.54) is 70.6 Å². The van der Waals surface area contributed by atoms with Gasteiger partial charge in [0.15, 0.2) is 0 Å². The van der Waals surface area contributed by atoms with E-state index in [0.29, 0.717) is 5.41 Å². The average molecular weight is 295 g/mol. The third-order valence-electron chi connectivity index (χ3n) is 3.93. The molecule has 0 aliphatic carbocycles. The molecule has 0 aromatic carbocycles. The minimum Gasteiger partial charge on any atom is -0.149 e. The van der Waals surface area contributed by atoms with E-state index < -0.39 is 0 Å². The molecule has 116 valence electrons. The number of unbranched alkanes of at least 4 members (excludes halogenated alkanes) is 8. The first kappa shape index (κ1) is 17.8. The molecule has 0 aliphatic rings. The standard InChI is InChI=1S/C19H34S/c1-19(2,3)16-12-10-8-6-4-5-7-9-11-14-18-15-13-17-20-18/h13,15,17H,4-12,14,16H2,1-3H3. The lowest BCUT2D eigenvalue weighted by atomic mass is 9.89. The Kier molecular flexibility index (Phi) is 9.26. The van der Waals surface area contributed by atoms with Crippen molar-refractivity contribution in [3.63, 3.8) is 0 Å². The molecule has 0 fully saturated rings. The molecular formula is C19H34S. The molecule has 0 N–H and O–H groups in total. The van der Waals surface area contributed by atoms with Gasteiger partial charge in [-0.2, -0.15) is 0 Å². The van der Waals surface area contributed by atoms with E-state index in [0.717, 1.165) is 0 Å². The second-order valence-corrected chi connectivity index (χ2v) is 8.35. The molecule has 0 aliphatic heterocycles. The fraction of sp³-hybridized carbons (Fsp3) is 0.789. The van der Waals surface area contributed by atoms with Crippen molar-refractivity contribution in [1.29, 1.82) is 0 Å². The van der Waals surface area contributed by atoms with Gasteiger partial charge in [0, 0.05) is 4.88 Å². The summed E-state index contributed by atoms with van der Waals surface area (Å²) in [5.74, 6) is 0. The minimum absolute atomic E-state index is 0.530. The highest BCUT2D eigenvalue weighted by atomic mass is 32.1. The Morgan fingerprint density at radius 3 is 1.85 bits per heavy atom. The quantitative estimate of drug-likeness (QED) is 0.377. The monoisotopic (exact) mass is 294 g/mol. The molecule has 0 atom stereocenters. The van der Waals surface area contributed by atoms with Crippen LogP contribution in [0.2, 0.25) is 0 Å². The molecular weight excluding hydrogens is 260 g/mol. The summed E-state index contributed by atoms with van der Waals surface area (Å²) >= 11 is 1.90. The SMILES string of the molecule is CC(C)(C)CCCCCCCCCCCc1cccs1. The Bertz CT molecular complexity index is 305. The summed E-state index contributed by atoms with van der Waals surface area (Å²) in [5.41, 5.74) is 0.530. The molecule has 1 aromatic rings. The Labute approximate surface area is 131 Å². The summed E-state index contributed by atoms with van der Waals surface area (Å²) in [6.07, 6.45) is 15.6.